The second-order valence-electron chi connectivity index (χ2n) is 10.2. The van der Waals surface area contributed by atoms with E-state index in [4.69, 9.17) is 31.8 Å². The third kappa shape index (κ3) is 14.0. The Labute approximate surface area is 236 Å². The lowest BCUT2D eigenvalue weighted by Crippen LogP contribution is -2.52. The molecule has 3 atom stereocenters. The van der Waals surface area contributed by atoms with Gasteiger partial charge < -0.3 is 24.9 Å². The summed E-state index contributed by atoms with van der Waals surface area (Å²) in [4.78, 5) is 41.9. The fraction of sp³-hybridized carbons (Fsp3) is 0.483. The van der Waals surface area contributed by atoms with Gasteiger partial charge in [-0.3, -0.25) is 9.59 Å². The molecule has 0 aromatic heterocycles. The lowest BCUT2D eigenvalue weighted by molar-refractivity contribution is -0.149. The maximum Gasteiger partial charge on any atom is 0.373 e. The van der Waals surface area contributed by atoms with E-state index in [1.165, 1.54) is 19.4 Å². The molecule has 0 aromatic rings. The zero-order valence-electron chi connectivity index (χ0n) is 23.7. The highest BCUT2D eigenvalue weighted by Crippen LogP contribution is 2.20. The van der Waals surface area contributed by atoms with Crippen LogP contribution in [0.15, 0.2) is 71.2 Å². The lowest BCUT2D eigenvalue weighted by Gasteiger charge is -2.29. The third-order valence-corrected chi connectivity index (χ3v) is 5.85. The molecule has 0 saturated heterocycles. The van der Waals surface area contributed by atoms with Crippen molar-refractivity contribution in [2.75, 3.05) is 7.11 Å². The van der Waals surface area contributed by atoms with Crippen LogP contribution in [0.5, 0.6) is 0 Å². The molecule has 2 amide bonds. The van der Waals surface area contributed by atoms with Crippen molar-refractivity contribution in [2.24, 2.45) is 11.3 Å². The van der Waals surface area contributed by atoms with E-state index < -0.39 is 23.3 Å². The quantitative estimate of drug-likeness (QED) is 0.122. The second kappa shape index (κ2) is 17.4. The molecule has 4 N–H and O–H groups in total. The first-order chi connectivity index (χ1) is 18.4. The Balaban J connectivity index is 2.60. The maximum atomic E-state index is 12.8. The van der Waals surface area contributed by atoms with Crippen LogP contribution in [0.1, 0.15) is 60.3 Å². The molecule has 39 heavy (non-hydrogen) atoms. The minimum atomic E-state index is -0.765. The molecular weight excluding hydrogens is 522 g/mol. The molecule has 0 spiro atoms. The van der Waals surface area contributed by atoms with Gasteiger partial charge in [0.15, 0.2) is 5.76 Å². The minimum absolute atomic E-state index is 0.232. The summed E-state index contributed by atoms with van der Waals surface area (Å²) in [6, 6.07) is -0.765. The van der Waals surface area contributed by atoms with E-state index in [0.29, 0.717) is 30.7 Å². The van der Waals surface area contributed by atoms with Crippen LogP contribution in [-0.2, 0) is 28.7 Å². The zero-order valence-corrected chi connectivity index (χ0v) is 24.4. The predicted molar refractivity (Wildman–Crippen MR) is 153 cm³/mol. The summed E-state index contributed by atoms with van der Waals surface area (Å²) in [6.45, 7) is 9.29. The topological polar surface area (TPSA) is 129 Å². The average Bonchev–Trinajstić information content (AvgIpc) is 2.87. The van der Waals surface area contributed by atoms with Gasteiger partial charge in [-0.2, -0.15) is 0 Å². The summed E-state index contributed by atoms with van der Waals surface area (Å²) >= 11 is 5.83. The third-order valence-electron chi connectivity index (χ3n) is 5.69. The van der Waals surface area contributed by atoms with Crippen LogP contribution in [0.4, 0.5) is 0 Å². The fourth-order valence-electron chi connectivity index (χ4n) is 3.44. The Morgan fingerprint density at radius 1 is 1.21 bits per heavy atom. The van der Waals surface area contributed by atoms with Crippen molar-refractivity contribution in [1.82, 2.24) is 10.6 Å². The summed E-state index contributed by atoms with van der Waals surface area (Å²) in [5.74, 6) is 4.35. The number of hydrogen-bond acceptors (Lipinski definition) is 7. The van der Waals surface area contributed by atoms with Crippen molar-refractivity contribution in [1.29, 1.82) is 0 Å². The molecule has 0 fully saturated rings. The smallest absolute Gasteiger partial charge is 0.373 e. The average molecular weight is 564 g/mol. The van der Waals surface area contributed by atoms with E-state index in [1.54, 1.807) is 31.2 Å². The van der Waals surface area contributed by atoms with Crippen LogP contribution in [0.3, 0.4) is 0 Å². The van der Waals surface area contributed by atoms with Gasteiger partial charge in [-0.1, -0.05) is 74.4 Å². The summed E-state index contributed by atoms with van der Waals surface area (Å²) in [6.07, 6.45) is 17.0. The maximum absolute atomic E-state index is 12.8. The Morgan fingerprint density at radius 2 is 1.90 bits per heavy atom. The fourth-order valence-corrected chi connectivity index (χ4v) is 3.53. The molecule has 0 bridgehead atoms. The number of halogens is 1. The molecule has 9 nitrogen and oxygen atoms in total. The summed E-state index contributed by atoms with van der Waals surface area (Å²) in [7, 11) is 1.44. The lowest BCUT2D eigenvalue weighted by atomic mass is 9.86. The van der Waals surface area contributed by atoms with Crippen molar-refractivity contribution >= 4 is 29.4 Å². The minimum Gasteiger partial charge on any atom is -0.490 e. The molecule has 10 heteroatoms. The number of ether oxygens (including phenoxy) is 2. The van der Waals surface area contributed by atoms with Gasteiger partial charge in [0.25, 0.3) is 0 Å². The molecule has 1 heterocycles. The number of esters is 1. The van der Waals surface area contributed by atoms with Gasteiger partial charge in [0, 0.05) is 23.9 Å². The number of carbonyl (C=O) groups excluding carboxylic acids is 3. The SMILES string of the molecule is COC1=CCC(C/C=C(C)/C=C\C=C/C(=O)NC(C(=O)N/C=C\CC(C/C=C(\C)Cl)ON)C(C)(C)C)OC1=O. The zero-order chi connectivity index (χ0) is 29.4. The number of allylic oxidation sites excluding steroid dienone is 5. The molecule has 0 radical (unpaired) electrons. The molecule has 1 aliphatic heterocycles. The normalized spacial score (nSPS) is 18.7. The van der Waals surface area contributed by atoms with Crippen LogP contribution in [0, 0.1) is 5.41 Å². The van der Waals surface area contributed by atoms with Gasteiger partial charge >= 0.3 is 5.97 Å². The van der Waals surface area contributed by atoms with Crippen molar-refractivity contribution in [2.45, 2.75) is 78.6 Å². The van der Waals surface area contributed by atoms with Crippen LogP contribution >= 0.6 is 11.6 Å². The molecule has 216 valence electrons. The van der Waals surface area contributed by atoms with E-state index in [1.807, 2.05) is 45.9 Å². The Hall–Kier alpha value is -3.14. The summed E-state index contributed by atoms with van der Waals surface area (Å²) in [5.41, 5.74) is 0.427. The number of hydrogen-bond donors (Lipinski definition) is 3. The number of nitrogens with two attached hydrogens (primary N) is 1. The number of nitrogens with one attached hydrogen (secondary N) is 2. The van der Waals surface area contributed by atoms with Crippen molar-refractivity contribution in [3.63, 3.8) is 0 Å². The van der Waals surface area contributed by atoms with Gasteiger partial charge in [0.1, 0.15) is 12.1 Å². The van der Waals surface area contributed by atoms with Gasteiger partial charge in [-0.25, -0.2) is 10.7 Å². The van der Waals surface area contributed by atoms with Crippen molar-refractivity contribution in [3.05, 3.63) is 71.2 Å². The second-order valence-corrected chi connectivity index (χ2v) is 10.8. The first-order valence-electron chi connectivity index (χ1n) is 12.8. The highest BCUT2D eigenvalue weighted by molar-refractivity contribution is 6.29. The molecule has 3 unspecified atom stereocenters. The highest BCUT2D eigenvalue weighted by atomic mass is 35.5. The van der Waals surface area contributed by atoms with Gasteiger partial charge in [-0.15, -0.1) is 0 Å². The molecule has 1 aliphatic rings. The van der Waals surface area contributed by atoms with Crippen LogP contribution in [0.2, 0.25) is 0 Å². The Bertz CT molecular complexity index is 1020. The van der Waals surface area contributed by atoms with E-state index in [-0.39, 0.29) is 23.9 Å². The monoisotopic (exact) mass is 563 g/mol. The first kappa shape index (κ1) is 33.9. The van der Waals surface area contributed by atoms with E-state index in [2.05, 4.69) is 10.6 Å². The highest BCUT2D eigenvalue weighted by Gasteiger charge is 2.31. The number of methoxy groups -OCH3 is 1. The standard InChI is InChI=1S/C29H42ClN3O6/c1-20(13-15-22-17-18-24(37-6)28(36)38-22)10-7-8-12-25(34)33-26(29(3,4)5)27(35)32-19-9-11-23(39-31)16-14-21(2)30/h7-10,12-14,18-19,22-23,26H,11,15-17,31H2,1-6H3,(H,32,35)(H,33,34)/b10-7-,12-8-,19-9-,20-13+,21-14+. The van der Waals surface area contributed by atoms with Crippen LogP contribution < -0.4 is 16.5 Å². The molecule has 0 aliphatic carbocycles. The van der Waals surface area contributed by atoms with Gasteiger partial charge in [0.05, 0.1) is 13.2 Å². The molecule has 0 aromatic carbocycles. The number of cyclic esters (lactones) is 1. The molecular formula is C29H42ClN3O6. The van der Waals surface area contributed by atoms with Crippen LogP contribution in [-0.4, -0.2) is 43.1 Å². The Morgan fingerprint density at radius 3 is 2.49 bits per heavy atom. The molecule has 1 rings (SSSR count). The van der Waals surface area contributed by atoms with Crippen molar-refractivity contribution in [3.8, 4) is 0 Å². The van der Waals surface area contributed by atoms with E-state index in [9.17, 15) is 14.4 Å². The van der Waals surface area contributed by atoms with E-state index >= 15 is 0 Å². The number of rotatable bonds is 14. The van der Waals surface area contributed by atoms with Crippen LogP contribution in [0.25, 0.3) is 0 Å². The van der Waals surface area contributed by atoms with Gasteiger partial charge in [-0.05, 0) is 44.4 Å². The summed E-state index contributed by atoms with van der Waals surface area (Å²) < 4.78 is 10.3. The largest absolute Gasteiger partial charge is 0.490 e. The molecule has 0 saturated carbocycles. The Kier molecular flexibility index (Phi) is 15.2. The van der Waals surface area contributed by atoms with Crippen molar-refractivity contribution < 1.29 is 28.7 Å². The first-order valence-corrected chi connectivity index (χ1v) is 13.2. The summed E-state index contributed by atoms with van der Waals surface area (Å²) in [5, 5.41) is 6.13. The number of carbonyl (C=O) groups is 3. The number of amides is 2. The van der Waals surface area contributed by atoms with E-state index in [0.717, 1.165) is 5.57 Å². The predicted octanol–water partition coefficient (Wildman–Crippen LogP) is 4.62. The van der Waals surface area contributed by atoms with Gasteiger partial charge in [0.2, 0.25) is 11.8 Å².